The van der Waals surface area contributed by atoms with E-state index in [1.807, 2.05) is 73.5 Å². The first-order valence-corrected chi connectivity index (χ1v) is 9.90. The molecule has 0 N–H and O–H groups in total. The van der Waals surface area contributed by atoms with Crippen molar-refractivity contribution in [3.8, 4) is 0 Å². The number of amides is 2. The van der Waals surface area contributed by atoms with Crippen molar-refractivity contribution >= 4 is 29.4 Å². The Morgan fingerprint density at radius 2 is 1.66 bits per heavy atom. The van der Waals surface area contributed by atoms with Gasteiger partial charge in [0.1, 0.15) is 0 Å². The van der Waals surface area contributed by atoms with Gasteiger partial charge in [-0.25, -0.2) is 4.90 Å². The number of rotatable bonds is 2. The third kappa shape index (κ3) is 2.36. The highest BCUT2D eigenvalue weighted by Crippen LogP contribution is 2.53. The topological polar surface area (TPSA) is 57.7 Å². The number of nitrogens with zero attached hydrogens (tertiary/aromatic N) is 2. The normalized spacial score (nSPS) is 27.1. The third-order valence-electron chi connectivity index (χ3n) is 6.63. The molecule has 0 spiro atoms. The van der Waals surface area contributed by atoms with E-state index in [-0.39, 0.29) is 23.6 Å². The maximum Gasteiger partial charge on any atom is 0.240 e. The number of ketones is 1. The molecular formula is C24H22N2O3. The fourth-order valence-electron chi connectivity index (χ4n) is 5.14. The average molecular weight is 386 g/mol. The van der Waals surface area contributed by atoms with E-state index in [0.29, 0.717) is 5.69 Å². The molecule has 5 heteroatoms. The summed E-state index contributed by atoms with van der Waals surface area (Å²) in [4.78, 5) is 42.9. The Morgan fingerprint density at radius 1 is 0.931 bits per heavy atom. The molecule has 0 radical (unpaired) electrons. The Labute approximate surface area is 169 Å². The van der Waals surface area contributed by atoms with Crippen LogP contribution in [0.25, 0.3) is 6.08 Å². The molecule has 2 saturated heterocycles. The Hall–Kier alpha value is -3.21. The number of hydrogen-bond acceptors (Lipinski definition) is 4. The highest BCUT2D eigenvalue weighted by Gasteiger charge is 2.63. The van der Waals surface area contributed by atoms with Crippen molar-refractivity contribution < 1.29 is 14.4 Å². The molecule has 3 aliphatic heterocycles. The number of aryl methyl sites for hydroxylation is 2. The maximum atomic E-state index is 13.6. The summed E-state index contributed by atoms with van der Waals surface area (Å²) < 4.78 is 0. The Morgan fingerprint density at radius 3 is 2.38 bits per heavy atom. The number of hydrogen-bond donors (Lipinski definition) is 0. The summed E-state index contributed by atoms with van der Waals surface area (Å²) in [5.41, 5.74) is 4.74. The van der Waals surface area contributed by atoms with Gasteiger partial charge in [0.2, 0.25) is 11.8 Å². The van der Waals surface area contributed by atoms with E-state index in [1.165, 1.54) is 11.8 Å². The standard InChI is InChI=1S/C24H22N2O3/c1-13-8-9-17(12-14(13)2)26-23(28)19-20(24(26)29)22-18-7-5-4-6-16(18)10-11-25(22)21(19)15(3)27/h4-12,19-22H,1-3H3/t19-,20-,21-,22-/m1/s1. The number of Topliss-reactive ketones (excluding diaryl/α,β-unsaturated/α-hetero) is 1. The van der Waals surface area contributed by atoms with E-state index in [9.17, 15) is 14.4 Å². The fourth-order valence-corrected chi connectivity index (χ4v) is 5.14. The minimum atomic E-state index is -0.664. The van der Waals surface area contributed by atoms with Crippen LogP contribution in [0.15, 0.2) is 48.7 Å². The molecule has 0 unspecified atom stereocenters. The lowest BCUT2D eigenvalue weighted by Crippen LogP contribution is -2.43. The molecule has 5 nitrogen and oxygen atoms in total. The first kappa shape index (κ1) is 17.9. The highest BCUT2D eigenvalue weighted by molar-refractivity contribution is 6.24. The predicted molar refractivity (Wildman–Crippen MR) is 110 cm³/mol. The van der Waals surface area contributed by atoms with Gasteiger partial charge in [0.25, 0.3) is 0 Å². The van der Waals surface area contributed by atoms with E-state index >= 15 is 0 Å². The van der Waals surface area contributed by atoms with E-state index in [1.54, 1.807) is 0 Å². The smallest absolute Gasteiger partial charge is 0.240 e. The number of carbonyl (C=O) groups is 3. The van der Waals surface area contributed by atoms with Gasteiger partial charge in [0.15, 0.2) is 5.78 Å². The molecule has 0 saturated carbocycles. The molecule has 5 rings (SSSR count). The van der Waals surface area contributed by atoms with Crippen LogP contribution in [0.2, 0.25) is 0 Å². The van der Waals surface area contributed by atoms with E-state index in [2.05, 4.69) is 0 Å². The first-order chi connectivity index (χ1) is 13.9. The van der Waals surface area contributed by atoms with Gasteiger partial charge < -0.3 is 4.90 Å². The maximum absolute atomic E-state index is 13.6. The van der Waals surface area contributed by atoms with Gasteiger partial charge in [0, 0.05) is 6.20 Å². The van der Waals surface area contributed by atoms with Crippen LogP contribution in [-0.4, -0.2) is 28.5 Å². The van der Waals surface area contributed by atoms with Gasteiger partial charge in [-0.3, -0.25) is 14.4 Å². The van der Waals surface area contributed by atoms with Crippen LogP contribution in [0, 0.1) is 25.7 Å². The van der Waals surface area contributed by atoms with Crippen molar-refractivity contribution in [2.45, 2.75) is 32.9 Å². The summed E-state index contributed by atoms with van der Waals surface area (Å²) in [7, 11) is 0. The number of anilines is 1. The van der Waals surface area contributed by atoms with Crippen LogP contribution in [0.1, 0.15) is 35.2 Å². The van der Waals surface area contributed by atoms with Gasteiger partial charge in [-0.1, -0.05) is 30.3 Å². The lowest BCUT2D eigenvalue weighted by atomic mass is 9.84. The van der Waals surface area contributed by atoms with Gasteiger partial charge in [0.05, 0.1) is 29.6 Å². The lowest BCUT2D eigenvalue weighted by Gasteiger charge is -2.35. The Kier molecular flexibility index (Phi) is 3.78. The van der Waals surface area contributed by atoms with Crippen LogP contribution >= 0.6 is 0 Å². The summed E-state index contributed by atoms with van der Waals surface area (Å²) in [6.45, 7) is 5.47. The monoisotopic (exact) mass is 386 g/mol. The zero-order valence-electron chi connectivity index (χ0n) is 16.6. The Bertz CT molecular complexity index is 1100. The summed E-state index contributed by atoms with van der Waals surface area (Å²) in [5, 5.41) is 0. The summed E-state index contributed by atoms with van der Waals surface area (Å²) >= 11 is 0. The Balaban J connectivity index is 1.65. The molecule has 3 aliphatic rings. The van der Waals surface area contributed by atoms with Gasteiger partial charge in [-0.2, -0.15) is 0 Å². The number of carbonyl (C=O) groups excluding carboxylic acids is 3. The molecule has 2 amide bonds. The molecular weight excluding hydrogens is 364 g/mol. The second-order valence-corrected chi connectivity index (χ2v) is 8.22. The highest BCUT2D eigenvalue weighted by atomic mass is 16.2. The molecule has 2 aromatic rings. The van der Waals surface area contributed by atoms with Gasteiger partial charge in [-0.15, -0.1) is 0 Å². The number of fused-ring (bicyclic) bond motifs is 5. The van der Waals surface area contributed by atoms with Crippen molar-refractivity contribution in [3.05, 3.63) is 70.9 Å². The second kappa shape index (κ2) is 6.14. The molecule has 2 aromatic carbocycles. The molecule has 146 valence electrons. The van der Waals surface area contributed by atoms with Crippen LogP contribution in [0.3, 0.4) is 0 Å². The SMILES string of the molecule is CC(=O)[C@@H]1[C@@H]2C(=O)N(c3ccc(C)c(C)c3)C(=O)[C@H]2[C@H]2c3ccccc3C=CN12. The van der Waals surface area contributed by atoms with Crippen molar-refractivity contribution in [1.29, 1.82) is 0 Å². The minimum absolute atomic E-state index is 0.0883. The van der Waals surface area contributed by atoms with Gasteiger partial charge >= 0.3 is 0 Å². The molecule has 2 fully saturated rings. The lowest BCUT2D eigenvalue weighted by molar-refractivity contribution is -0.129. The fraction of sp³-hybridized carbons (Fsp3) is 0.292. The number of imide groups is 1. The van der Waals surface area contributed by atoms with Crippen molar-refractivity contribution in [1.82, 2.24) is 4.90 Å². The molecule has 0 aliphatic carbocycles. The van der Waals surface area contributed by atoms with E-state index in [4.69, 9.17) is 0 Å². The predicted octanol–water partition coefficient (Wildman–Crippen LogP) is 3.41. The zero-order valence-corrected chi connectivity index (χ0v) is 16.6. The third-order valence-corrected chi connectivity index (χ3v) is 6.63. The average Bonchev–Trinajstić information content (AvgIpc) is 3.17. The number of benzene rings is 2. The van der Waals surface area contributed by atoms with Gasteiger partial charge in [-0.05, 0) is 61.2 Å². The van der Waals surface area contributed by atoms with E-state index < -0.39 is 17.9 Å². The second-order valence-electron chi connectivity index (χ2n) is 8.22. The van der Waals surface area contributed by atoms with Crippen molar-refractivity contribution in [3.63, 3.8) is 0 Å². The zero-order chi connectivity index (χ0) is 20.4. The summed E-state index contributed by atoms with van der Waals surface area (Å²) in [5.74, 6) is -1.81. The largest absolute Gasteiger partial charge is 0.359 e. The first-order valence-electron chi connectivity index (χ1n) is 9.90. The summed E-state index contributed by atoms with van der Waals surface area (Å²) in [6.07, 6.45) is 3.83. The van der Waals surface area contributed by atoms with Crippen LogP contribution in [0.5, 0.6) is 0 Å². The quantitative estimate of drug-likeness (QED) is 0.743. The van der Waals surface area contributed by atoms with Crippen molar-refractivity contribution in [2.24, 2.45) is 11.8 Å². The van der Waals surface area contributed by atoms with Crippen molar-refractivity contribution in [2.75, 3.05) is 4.90 Å². The van der Waals surface area contributed by atoms with Crippen LogP contribution < -0.4 is 4.90 Å². The summed E-state index contributed by atoms with van der Waals surface area (Å²) in [6, 6.07) is 12.6. The molecule has 4 atom stereocenters. The molecule has 0 bridgehead atoms. The molecule has 3 heterocycles. The van der Waals surface area contributed by atoms with E-state index in [0.717, 1.165) is 22.3 Å². The van der Waals surface area contributed by atoms with Crippen LogP contribution in [-0.2, 0) is 14.4 Å². The minimum Gasteiger partial charge on any atom is -0.359 e. The molecule has 0 aromatic heterocycles. The molecule has 29 heavy (non-hydrogen) atoms. The van der Waals surface area contributed by atoms with Crippen LogP contribution in [0.4, 0.5) is 5.69 Å².